The molecular weight excluding hydrogens is 485 g/mol. The van der Waals surface area contributed by atoms with E-state index in [1.54, 1.807) is 6.92 Å². The van der Waals surface area contributed by atoms with Gasteiger partial charge in [0.2, 0.25) is 21.8 Å². The number of hydrogen-bond acceptors (Lipinski definition) is 4. The highest BCUT2D eigenvalue weighted by Gasteiger charge is 2.31. The van der Waals surface area contributed by atoms with Crippen molar-refractivity contribution in [3.63, 3.8) is 0 Å². The van der Waals surface area contributed by atoms with Crippen molar-refractivity contribution in [2.45, 2.75) is 45.8 Å². The highest BCUT2D eigenvalue weighted by Crippen LogP contribution is 2.30. The van der Waals surface area contributed by atoms with Gasteiger partial charge in [-0.1, -0.05) is 60.5 Å². The van der Waals surface area contributed by atoms with Crippen molar-refractivity contribution in [1.82, 2.24) is 10.2 Å². The van der Waals surface area contributed by atoms with E-state index in [-0.39, 0.29) is 29.2 Å². The van der Waals surface area contributed by atoms with Crippen molar-refractivity contribution in [1.29, 1.82) is 0 Å². The van der Waals surface area contributed by atoms with Gasteiger partial charge in [0.1, 0.15) is 12.6 Å². The van der Waals surface area contributed by atoms with Crippen LogP contribution in [0.4, 0.5) is 5.69 Å². The molecule has 7 nitrogen and oxygen atoms in total. The second-order valence-electron chi connectivity index (χ2n) is 7.87. The Bertz CT molecular complexity index is 1080. The topological polar surface area (TPSA) is 86.8 Å². The molecule has 0 fully saturated rings. The van der Waals surface area contributed by atoms with Gasteiger partial charge in [0.15, 0.2) is 0 Å². The van der Waals surface area contributed by atoms with Gasteiger partial charge in [-0.15, -0.1) is 0 Å². The molecule has 0 spiro atoms. The van der Waals surface area contributed by atoms with Gasteiger partial charge < -0.3 is 10.2 Å². The number of halogens is 2. The van der Waals surface area contributed by atoms with E-state index in [9.17, 15) is 18.0 Å². The Kier molecular flexibility index (Phi) is 9.57. The van der Waals surface area contributed by atoms with E-state index in [4.69, 9.17) is 23.2 Å². The molecule has 33 heavy (non-hydrogen) atoms. The lowest BCUT2D eigenvalue weighted by atomic mass is 10.1. The molecule has 2 atom stereocenters. The van der Waals surface area contributed by atoms with Crippen LogP contribution in [0, 0.1) is 0 Å². The van der Waals surface area contributed by atoms with Crippen molar-refractivity contribution in [3.05, 3.63) is 64.1 Å². The monoisotopic (exact) mass is 513 g/mol. The number of carbonyl (C=O) groups excluding carboxylic acids is 2. The molecule has 2 aromatic carbocycles. The number of nitrogens with one attached hydrogen (secondary N) is 1. The molecule has 2 amide bonds. The largest absolute Gasteiger partial charge is 0.352 e. The highest BCUT2D eigenvalue weighted by molar-refractivity contribution is 7.92. The Labute approximate surface area is 205 Å². The maximum absolute atomic E-state index is 13.4. The summed E-state index contributed by atoms with van der Waals surface area (Å²) in [5, 5.41) is 3.31. The van der Waals surface area contributed by atoms with E-state index in [2.05, 4.69) is 5.32 Å². The van der Waals surface area contributed by atoms with Crippen LogP contribution in [0.25, 0.3) is 0 Å². The molecule has 0 bridgehead atoms. The van der Waals surface area contributed by atoms with Gasteiger partial charge in [-0.3, -0.25) is 13.9 Å². The number of carbonyl (C=O) groups is 2. The maximum atomic E-state index is 13.4. The lowest BCUT2D eigenvalue weighted by Gasteiger charge is -2.32. The number of nitrogens with zero attached hydrogens (tertiary/aromatic N) is 2. The fraction of sp³-hybridized carbons (Fsp3) is 0.391. The van der Waals surface area contributed by atoms with Gasteiger partial charge in [0, 0.05) is 17.6 Å². The van der Waals surface area contributed by atoms with Crippen LogP contribution in [-0.4, -0.2) is 50.0 Å². The van der Waals surface area contributed by atoms with Crippen molar-refractivity contribution < 1.29 is 18.0 Å². The molecule has 0 heterocycles. The van der Waals surface area contributed by atoms with Crippen LogP contribution >= 0.6 is 23.2 Å². The molecule has 0 saturated heterocycles. The number of hydrogen-bond donors (Lipinski definition) is 1. The van der Waals surface area contributed by atoms with Crippen LogP contribution in [0.3, 0.4) is 0 Å². The number of anilines is 1. The molecule has 0 aliphatic heterocycles. The van der Waals surface area contributed by atoms with Crippen LogP contribution in [0.5, 0.6) is 0 Å². The lowest BCUT2D eigenvalue weighted by molar-refractivity contribution is -0.139. The molecule has 0 aliphatic carbocycles. The average molecular weight is 514 g/mol. The molecule has 180 valence electrons. The second-order valence-corrected chi connectivity index (χ2v) is 10.6. The van der Waals surface area contributed by atoms with Gasteiger partial charge >= 0.3 is 0 Å². The molecule has 2 aromatic rings. The predicted molar refractivity (Wildman–Crippen MR) is 133 cm³/mol. The number of benzene rings is 2. The minimum absolute atomic E-state index is 0.0611. The van der Waals surface area contributed by atoms with E-state index < -0.39 is 28.5 Å². The second kappa shape index (κ2) is 11.7. The minimum atomic E-state index is -3.87. The third-order valence-electron chi connectivity index (χ3n) is 5.22. The minimum Gasteiger partial charge on any atom is -0.352 e. The van der Waals surface area contributed by atoms with Gasteiger partial charge in [0.25, 0.3) is 0 Å². The molecule has 10 heteroatoms. The zero-order valence-corrected chi connectivity index (χ0v) is 21.4. The van der Waals surface area contributed by atoms with Crippen molar-refractivity contribution >= 4 is 50.7 Å². The van der Waals surface area contributed by atoms with E-state index >= 15 is 0 Å². The van der Waals surface area contributed by atoms with Gasteiger partial charge in [-0.25, -0.2) is 8.42 Å². The summed E-state index contributed by atoms with van der Waals surface area (Å²) in [6.07, 6.45) is 1.73. The third kappa shape index (κ3) is 7.62. The van der Waals surface area contributed by atoms with E-state index in [0.717, 1.165) is 22.5 Å². The SMILES string of the molecule is CCC(C)NC(=O)C(C)N(Cc1ccccc1)C(=O)CN(c1ccc(Cl)cc1Cl)S(C)(=O)=O. The van der Waals surface area contributed by atoms with E-state index in [1.165, 1.54) is 23.1 Å². The number of sulfonamides is 1. The molecule has 0 saturated carbocycles. The van der Waals surface area contributed by atoms with Crippen LogP contribution in [0.2, 0.25) is 10.0 Å². The van der Waals surface area contributed by atoms with Crippen LogP contribution in [-0.2, 0) is 26.2 Å². The molecule has 2 unspecified atom stereocenters. The lowest BCUT2D eigenvalue weighted by Crippen LogP contribution is -2.52. The molecule has 0 aliphatic rings. The Balaban J connectivity index is 2.39. The highest BCUT2D eigenvalue weighted by atomic mass is 35.5. The molecule has 2 rings (SSSR count). The van der Waals surface area contributed by atoms with Crippen molar-refractivity contribution in [3.8, 4) is 0 Å². The summed E-state index contributed by atoms with van der Waals surface area (Å²) in [7, 11) is -3.87. The first-order valence-corrected chi connectivity index (χ1v) is 13.1. The first-order valence-electron chi connectivity index (χ1n) is 10.5. The zero-order valence-electron chi connectivity index (χ0n) is 19.1. The van der Waals surface area contributed by atoms with Crippen LogP contribution < -0.4 is 9.62 Å². The first-order chi connectivity index (χ1) is 15.4. The van der Waals surface area contributed by atoms with Crippen molar-refractivity contribution in [2.75, 3.05) is 17.1 Å². The Morgan fingerprint density at radius 3 is 2.24 bits per heavy atom. The summed E-state index contributed by atoms with van der Waals surface area (Å²) >= 11 is 12.2. The predicted octanol–water partition coefficient (Wildman–Crippen LogP) is 4.09. The summed E-state index contributed by atoms with van der Waals surface area (Å²) in [4.78, 5) is 27.6. The summed E-state index contributed by atoms with van der Waals surface area (Å²) in [5.41, 5.74) is 0.942. The van der Waals surface area contributed by atoms with E-state index in [0.29, 0.717) is 5.02 Å². The van der Waals surface area contributed by atoms with E-state index in [1.807, 2.05) is 44.2 Å². The zero-order chi connectivity index (χ0) is 24.8. The Morgan fingerprint density at radius 2 is 1.70 bits per heavy atom. The molecule has 0 radical (unpaired) electrons. The van der Waals surface area contributed by atoms with Crippen molar-refractivity contribution in [2.24, 2.45) is 0 Å². The quantitative estimate of drug-likeness (QED) is 0.518. The standard InChI is InChI=1S/C23H29Cl2N3O4S/c1-5-16(2)26-23(30)17(3)27(14-18-9-7-6-8-10-18)22(29)15-28(33(4,31)32)21-12-11-19(24)13-20(21)25/h6-13,16-17H,5,14-15H2,1-4H3,(H,26,30). The average Bonchev–Trinajstić information content (AvgIpc) is 2.75. The molecule has 0 aromatic heterocycles. The number of amides is 2. The van der Waals surface area contributed by atoms with Gasteiger partial charge in [-0.05, 0) is 44.0 Å². The Hall–Kier alpha value is -2.29. The maximum Gasteiger partial charge on any atom is 0.244 e. The smallest absolute Gasteiger partial charge is 0.244 e. The Morgan fingerprint density at radius 1 is 1.06 bits per heavy atom. The van der Waals surface area contributed by atoms with Gasteiger partial charge in [-0.2, -0.15) is 0 Å². The summed E-state index contributed by atoms with van der Waals surface area (Å²) < 4.78 is 26.0. The van der Waals surface area contributed by atoms with Crippen LogP contribution in [0.1, 0.15) is 32.8 Å². The summed E-state index contributed by atoms with van der Waals surface area (Å²) in [6.45, 7) is 5.07. The fourth-order valence-electron chi connectivity index (χ4n) is 3.11. The van der Waals surface area contributed by atoms with Gasteiger partial charge in [0.05, 0.1) is 17.0 Å². The number of rotatable bonds is 10. The fourth-order valence-corrected chi connectivity index (χ4v) is 4.53. The normalized spacial score (nSPS) is 13.2. The third-order valence-corrected chi connectivity index (χ3v) is 6.89. The summed E-state index contributed by atoms with van der Waals surface area (Å²) in [5.74, 6) is -0.855. The molecule has 1 N–H and O–H groups in total. The summed E-state index contributed by atoms with van der Waals surface area (Å²) in [6, 6.07) is 12.6. The van der Waals surface area contributed by atoms with Crippen LogP contribution in [0.15, 0.2) is 48.5 Å². The first kappa shape index (κ1) is 27.0. The molecular formula is C23H29Cl2N3O4S.